The third-order valence-corrected chi connectivity index (χ3v) is 6.37. The molecule has 2 heterocycles. The van der Waals surface area contributed by atoms with Crippen LogP contribution in [-0.4, -0.2) is 34.5 Å². The van der Waals surface area contributed by atoms with Gasteiger partial charge in [-0.05, 0) is 36.2 Å². The predicted molar refractivity (Wildman–Crippen MR) is 141 cm³/mol. The van der Waals surface area contributed by atoms with Gasteiger partial charge in [-0.3, -0.25) is 0 Å². The number of anilines is 1. The fourth-order valence-electron chi connectivity index (χ4n) is 4.27. The third-order valence-electron chi connectivity index (χ3n) is 6.00. The molecule has 0 saturated heterocycles. The standard InChI is InChI=1S/C28H25ClN4O4/c1-3-36-27(34)24-25(18-9-5-4-6-10-18)32-28-30-17-31-33(28)26(24)19-13-14-22(23(15-19)35-2)37-16-20-11-7-8-12-21(20)29/h4-15,17,26H,3,16H2,1-2H3,(H,30,31,32)/t26-/m1/s1. The summed E-state index contributed by atoms with van der Waals surface area (Å²) in [5.74, 6) is 1.12. The summed E-state index contributed by atoms with van der Waals surface area (Å²) < 4.78 is 18.9. The third kappa shape index (κ3) is 4.88. The average molecular weight is 517 g/mol. The van der Waals surface area contributed by atoms with Crippen LogP contribution in [0.15, 0.2) is 84.7 Å². The van der Waals surface area contributed by atoms with Crippen molar-refractivity contribution in [3.05, 3.63) is 106 Å². The van der Waals surface area contributed by atoms with E-state index in [1.54, 1.807) is 18.7 Å². The van der Waals surface area contributed by atoms with Gasteiger partial charge in [-0.25, -0.2) is 9.48 Å². The molecule has 0 bridgehead atoms. The highest BCUT2D eigenvalue weighted by atomic mass is 35.5. The first-order valence-electron chi connectivity index (χ1n) is 11.8. The molecule has 1 aliphatic rings. The van der Waals surface area contributed by atoms with Gasteiger partial charge in [0.25, 0.3) is 0 Å². The molecule has 0 unspecified atom stereocenters. The maximum atomic E-state index is 13.4. The molecule has 0 radical (unpaired) electrons. The summed E-state index contributed by atoms with van der Waals surface area (Å²) in [7, 11) is 1.57. The number of rotatable bonds is 8. The number of carbonyl (C=O) groups is 1. The van der Waals surface area contributed by atoms with Gasteiger partial charge in [0, 0.05) is 10.6 Å². The molecule has 0 aliphatic carbocycles. The number of fused-ring (bicyclic) bond motifs is 1. The topological polar surface area (TPSA) is 87.5 Å². The normalized spacial score (nSPS) is 14.5. The van der Waals surface area contributed by atoms with E-state index in [0.29, 0.717) is 33.7 Å². The number of carbonyl (C=O) groups excluding carboxylic acids is 1. The summed E-state index contributed by atoms with van der Waals surface area (Å²) in [5, 5.41) is 8.31. The van der Waals surface area contributed by atoms with Gasteiger partial charge in [-0.1, -0.05) is 66.2 Å². The molecule has 3 aromatic carbocycles. The minimum atomic E-state index is -0.612. The van der Waals surface area contributed by atoms with Crippen molar-refractivity contribution >= 4 is 29.2 Å². The fraction of sp³-hybridized carbons (Fsp3) is 0.179. The number of ether oxygens (including phenoxy) is 3. The summed E-state index contributed by atoms with van der Waals surface area (Å²) in [6.07, 6.45) is 1.45. The summed E-state index contributed by atoms with van der Waals surface area (Å²) >= 11 is 6.28. The number of benzene rings is 3. The van der Waals surface area contributed by atoms with Crippen molar-refractivity contribution in [2.75, 3.05) is 19.0 Å². The zero-order chi connectivity index (χ0) is 25.8. The Morgan fingerprint density at radius 3 is 2.59 bits per heavy atom. The summed E-state index contributed by atoms with van der Waals surface area (Å²) in [6, 6.07) is 22.0. The monoisotopic (exact) mass is 516 g/mol. The van der Waals surface area contributed by atoms with E-state index < -0.39 is 12.0 Å². The van der Waals surface area contributed by atoms with Gasteiger partial charge in [0.05, 0.1) is 25.0 Å². The minimum Gasteiger partial charge on any atom is -0.493 e. The van der Waals surface area contributed by atoms with E-state index in [9.17, 15) is 4.79 Å². The van der Waals surface area contributed by atoms with Crippen LogP contribution in [0.5, 0.6) is 11.5 Å². The lowest BCUT2D eigenvalue weighted by molar-refractivity contribution is -0.138. The van der Waals surface area contributed by atoms with Gasteiger partial charge in [0.2, 0.25) is 5.95 Å². The smallest absolute Gasteiger partial charge is 0.338 e. The van der Waals surface area contributed by atoms with Crippen molar-refractivity contribution in [3.8, 4) is 11.5 Å². The van der Waals surface area contributed by atoms with Crippen LogP contribution in [0.1, 0.15) is 29.7 Å². The molecule has 0 fully saturated rings. The molecule has 1 aromatic heterocycles. The summed E-state index contributed by atoms with van der Waals surface area (Å²) in [6.45, 7) is 2.29. The molecular weight excluding hydrogens is 492 g/mol. The van der Waals surface area contributed by atoms with E-state index in [2.05, 4.69) is 15.4 Å². The van der Waals surface area contributed by atoms with Crippen molar-refractivity contribution in [1.82, 2.24) is 14.8 Å². The Morgan fingerprint density at radius 1 is 1.05 bits per heavy atom. The molecule has 1 aliphatic heterocycles. The lowest BCUT2D eigenvalue weighted by Crippen LogP contribution is -2.30. The number of nitrogens with one attached hydrogen (secondary N) is 1. The van der Waals surface area contributed by atoms with Crippen LogP contribution in [0.25, 0.3) is 5.70 Å². The highest BCUT2D eigenvalue weighted by Gasteiger charge is 2.36. The van der Waals surface area contributed by atoms with Crippen LogP contribution in [0.4, 0.5) is 5.95 Å². The number of hydrogen-bond acceptors (Lipinski definition) is 7. The first-order chi connectivity index (χ1) is 18.1. The molecule has 0 amide bonds. The van der Waals surface area contributed by atoms with E-state index in [4.69, 9.17) is 25.8 Å². The van der Waals surface area contributed by atoms with Crippen LogP contribution in [0.2, 0.25) is 5.02 Å². The Hall–Kier alpha value is -4.30. The summed E-state index contributed by atoms with van der Waals surface area (Å²) in [4.78, 5) is 17.7. The maximum absolute atomic E-state index is 13.4. The average Bonchev–Trinajstić information content (AvgIpc) is 3.41. The van der Waals surface area contributed by atoms with Crippen LogP contribution in [0, 0.1) is 0 Å². The SMILES string of the molecule is CCOC(=O)C1=C(c2ccccc2)Nc2ncnn2[C@@H]1c1ccc(OCc2ccccc2Cl)c(OC)c1. The molecule has 9 heteroatoms. The highest BCUT2D eigenvalue weighted by Crippen LogP contribution is 2.41. The largest absolute Gasteiger partial charge is 0.493 e. The zero-order valence-corrected chi connectivity index (χ0v) is 21.1. The Kier molecular flexibility index (Phi) is 7.09. The van der Waals surface area contributed by atoms with Crippen LogP contribution in [-0.2, 0) is 16.1 Å². The molecular formula is C28H25ClN4O4. The number of methoxy groups -OCH3 is 1. The fourth-order valence-corrected chi connectivity index (χ4v) is 4.46. The molecule has 1 atom stereocenters. The molecule has 4 aromatic rings. The maximum Gasteiger partial charge on any atom is 0.338 e. The zero-order valence-electron chi connectivity index (χ0n) is 20.3. The van der Waals surface area contributed by atoms with E-state index in [1.165, 1.54) is 6.33 Å². The van der Waals surface area contributed by atoms with Crippen LogP contribution < -0.4 is 14.8 Å². The summed E-state index contributed by atoms with van der Waals surface area (Å²) in [5.41, 5.74) is 3.48. The minimum absolute atomic E-state index is 0.236. The molecule has 0 spiro atoms. The molecule has 1 N–H and O–H groups in total. The molecule has 8 nitrogen and oxygen atoms in total. The number of nitrogens with zero attached hydrogens (tertiary/aromatic N) is 3. The quantitative estimate of drug-likeness (QED) is 0.309. The van der Waals surface area contributed by atoms with E-state index in [-0.39, 0.29) is 13.2 Å². The van der Waals surface area contributed by atoms with Gasteiger partial charge in [0.1, 0.15) is 19.0 Å². The second-order valence-electron chi connectivity index (χ2n) is 8.22. The van der Waals surface area contributed by atoms with Crippen molar-refractivity contribution in [2.45, 2.75) is 19.6 Å². The van der Waals surface area contributed by atoms with Crippen molar-refractivity contribution in [1.29, 1.82) is 0 Å². The highest BCUT2D eigenvalue weighted by molar-refractivity contribution is 6.31. The predicted octanol–water partition coefficient (Wildman–Crippen LogP) is 5.51. The Labute approximate surface area is 219 Å². The first kappa shape index (κ1) is 24.4. The van der Waals surface area contributed by atoms with Gasteiger partial charge in [-0.2, -0.15) is 10.1 Å². The van der Waals surface area contributed by atoms with E-state index in [0.717, 1.165) is 16.7 Å². The number of esters is 1. The van der Waals surface area contributed by atoms with Gasteiger partial charge in [0.15, 0.2) is 11.5 Å². The molecule has 0 saturated carbocycles. The van der Waals surface area contributed by atoms with E-state index in [1.807, 2.05) is 72.8 Å². The van der Waals surface area contributed by atoms with Gasteiger partial charge >= 0.3 is 5.97 Å². The second kappa shape index (κ2) is 10.8. The van der Waals surface area contributed by atoms with Crippen molar-refractivity contribution < 1.29 is 19.0 Å². The van der Waals surface area contributed by atoms with Crippen LogP contribution in [0.3, 0.4) is 0 Å². The Morgan fingerprint density at radius 2 is 1.84 bits per heavy atom. The van der Waals surface area contributed by atoms with Gasteiger partial charge < -0.3 is 19.5 Å². The van der Waals surface area contributed by atoms with Crippen molar-refractivity contribution in [2.24, 2.45) is 0 Å². The molecule has 188 valence electrons. The van der Waals surface area contributed by atoms with Crippen LogP contribution >= 0.6 is 11.6 Å². The Bertz CT molecular complexity index is 1450. The lowest BCUT2D eigenvalue weighted by atomic mass is 9.92. The molecule has 37 heavy (non-hydrogen) atoms. The Balaban J connectivity index is 1.58. The van der Waals surface area contributed by atoms with E-state index >= 15 is 0 Å². The number of halogens is 1. The van der Waals surface area contributed by atoms with Crippen molar-refractivity contribution in [3.63, 3.8) is 0 Å². The first-order valence-corrected chi connectivity index (χ1v) is 12.2. The lowest BCUT2D eigenvalue weighted by Gasteiger charge is -2.30. The second-order valence-corrected chi connectivity index (χ2v) is 8.63. The number of hydrogen-bond donors (Lipinski definition) is 1. The molecule has 5 rings (SSSR count). The number of aromatic nitrogens is 3. The van der Waals surface area contributed by atoms with Gasteiger partial charge in [-0.15, -0.1) is 0 Å².